The van der Waals surface area contributed by atoms with Gasteiger partial charge in [-0.25, -0.2) is 13.4 Å². The number of aromatic nitrogens is 1. The van der Waals surface area contributed by atoms with Gasteiger partial charge in [0.15, 0.2) is 21.3 Å². The van der Waals surface area contributed by atoms with Crippen LogP contribution in [0.2, 0.25) is 0 Å². The largest absolute Gasteiger partial charge is 0.441 e. The van der Waals surface area contributed by atoms with Crippen molar-refractivity contribution in [3.63, 3.8) is 0 Å². The van der Waals surface area contributed by atoms with E-state index >= 15 is 0 Å². The molecule has 0 saturated carbocycles. The maximum Gasteiger partial charge on any atom is 0.192 e. The number of oxazole rings is 1. The molecule has 0 saturated heterocycles. The smallest absolute Gasteiger partial charge is 0.192 e. The van der Waals surface area contributed by atoms with Crippen molar-refractivity contribution in [1.82, 2.24) is 4.98 Å². The Morgan fingerprint density at radius 1 is 1.36 bits per heavy atom. The van der Waals surface area contributed by atoms with Gasteiger partial charge >= 0.3 is 0 Å². The number of benzene rings is 1. The predicted octanol–water partition coefficient (Wildman–Crippen LogP) is 1.54. The number of hydrogen-bond donors (Lipinski definition) is 0. The van der Waals surface area contributed by atoms with Crippen LogP contribution in [0.1, 0.15) is 5.89 Å². The van der Waals surface area contributed by atoms with Crippen LogP contribution >= 0.6 is 0 Å². The Bertz CT molecular complexity index is 583. The fraction of sp³-hybridized carbons (Fsp3) is 0.222. The van der Waals surface area contributed by atoms with E-state index in [9.17, 15) is 8.42 Å². The van der Waals surface area contributed by atoms with Gasteiger partial charge in [-0.1, -0.05) is 0 Å². The molecule has 0 aliphatic carbocycles. The number of hydrogen-bond acceptors (Lipinski definition) is 4. The van der Waals surface area contributed by atoms with Gasteiger partial charge in [-0.15, -0.1) is 0 Å². The van der Waals surface area contributed by atoms with Crippen LogP contribution in [0.5, 0.6) is 0 Å². The predicted molar refractivity (Wildman–Crippen MR) is 51.9 cm³/mol. The van der Waals surface area contributed by atoms with E-state index in [-0.39, 0.29) is 4.90 Å². The Hall–Kier alpha value is -1.36. The highest BCUT2D eigenvalue weighted by Gasteiger charge is 2.09. The maximum atomic E-state index is 11.2. The van der Waals surface area contributed by atoms with E-state index in [1.165, 1.54) is 18.4 Å². The van der Waals surface area contributed by atoms with Crippen molar-refractivity contribution in [2.24, 2.45) is 0 Å². The highest BCUT2D eigenvalue weighted by molar-refractivity contribution is 7.90. The second kappa shape index (κ2) is 2.81. The van der Waals surface area contributed by atoms with Gasteiger partial charge in [0.25, 0.3) is 0 Å². The maximum absolute atomic E-state index is 11.2. The Balaban J connectivity index is 2.74. The van der Waals surface area contributed by atoms with Gasteiger partial charge in [-0.3, -0.25) is 0 Å². The molecular weight excluding hydrogens is 202 g/mol. The molecule has 0 unspecified atom stereocenters. The van der Waals surface area contributed by atoms with Crippen LogP contribution in [0.3, 0.4) is 0 Å². The summed E-state index contributed by atoms with van der Waals surface area (Å²) in [5.41, 5.74) is 1.18. The van der Waals surface area contributed by atoms with E-state index in [1.54, 1.807) is 13.0 Å². The third-order valence-corrected chi connectivity index (χ3v) is 3.00. The van der Waals surface area contributed by atoms with Crippen LogP contribution in [0.4, 0.5) is 0 Å². The summed E-state index contributed by atoms with van der Waals surface area (Å²) in [6.45, 7) is 1.72. The fourth-order valence-corrected chi connectivity index (χ4v) is 1.89. The van der Waals surface area contributed by atoms with Crippen LogP contribution in [0, 0.1) is 6.92 Å². The van der Waals surface area contributed by atoms with E-state index < -0.39 is 9.84 Å². The standard InChI is InChI=1S/C9H9NO3S/c1-6-10-8-5-7(14(2,11)12)3-4-9(8)13-6/h3-5H,1-2H3. The first-order valence-electron chi connectivity index (χ1n) is 4.04. The highest BCUT2D eigenvalue weighted by atomic mass is 32.2. The van der Waals surface area contributed by atoms with Crippen molar-refractivity contribution in [2.75, 3.05) is 6.26 Å². The highest BCUT2D eigenvalue weighted by Crippen LogP contribution is 2.19. The first-order chi connectivity index (χ1) is 6.47. The molecule has 14 heavy (non-hydrogen) atoms. The van der Waals surface area contributed by atoms with Gasteiger partial charge in [-0.05, 0) is 18.2 Å². The summed E-state index contributed by atoms with van der Waals surface area (Å²) in [7, 11) is -3.17. The summed E-state index contributed by atoms with van der Waals surface area (Å²) in [5, 5.41) is 0. The summed E-state index contributed by atoms with van der Waals surface area (Å²) < 4.78 is 27.7. The molecule has 4 nitrogen and oxygen atoms in total. The molecule has 0 atom stereocenters. The molecule has 0 bridgehead atoms. The van der Waals surface area contributed by atoms with Crippen molar-refractivity contribution in [3.05, 3.63) is 24.1 Å². The zero-order valence-electron chi connectivity index (χ0n) is 7.81. The Labute approximate surface area is 81.5 Å². The number of aryl methyl sites for hydroxylation is 1. The second-order valence-electron chi connectivity index (χ2n) is 3.13. The molecule has 0 fully saturated rings. The minimum Gasteiger partial charge on any atom is -0.441 e. The van der Waals surface area contributed by atoms with Crippen LogP contribution in [-0.4, -0.2) is 19.7 Å². The Morgan fingerprint density at radius 2 is 2.07 bits per heavy atom. The van der Waals surface area contributed by atoms with E-state index in [2.05, 4.69) is 4.98 Å². The Kier molecular flexibility index (Phi) is 1.85. The van der Waals surface area contributed by atoms with Gasteiger partial charge in [0.2, 0.25) is 0 Å². The van der Waals surface area contributed by atoms with Gasteiger partial charge in [0.1, 0.15) is 5.52 Å². The molecule has 2 rings (SSSR count). The SMILES string of the molecule is Cc1nc2cc(S(C)(=O)=O)ccc2o1. The third kappa shape index (κ3) is 1.50. The zero-order chi connectivity index (χ0) is 10.3. The molecule has 0 aliphatic rings. The quantitative estimate of drug-likeness (QED) is 0.717. The van der Waals surface area contributed by atoms with Gasteiger partial charge in [-0.2, -0.15) is 0 Å². The number of nitrogens with zero attached hydrogens (tertiary/aromatic N) is 1. The van der Waals surface area contributed by atoms with E-state index in [4.69, 9.17) is 4.42 Å². The molecule has 0 amide bonds. The summed E-state index contributed by atoms with van der Waals surface area (Å²) in [4.78, 5) is 4.32. The molecular formula is C9H9NO3S. The van der Waals surface area contributed by atoms with Crippen LogP contribution in [0.15, 0.2) is 27.5 Å². The monoisotopic (exact) mass is 211 g/mol. The van der Waals surface area contributed by atoms with Crippen molar-refractivity contribution in [2.45, 2.75) is 11.8 Å². The molecule has 1 aromatic carbocycles. The first-order valence-corrected chi connectivity index (χ1v) is 5.93. The summed E-state index contributed by atoms with van der Waals surface area (Å²) >= 11 is 0. The molecule has 0 spiro atoms. The minimum absolute atomic E-state index is 0.262. The molecule has 1 aromatic heterocycles. The molecule has 74 valence electrons. The molecule has 1 heterocycles. The third-order valence-electron chi connectivity index (χ3n) is 1.89. The Morgan fingerprint density at radius 3 is 2.71 bits per heavy atom. The zero-order valence-corrected chi connectivity index (χ0v) is 8.63. The lowest BCUT2D eigenvalue weighted by atomic mass is 10.3. The number of sulfone groups is 1. The van der Waals surface area contributed by atoms with Crippen LogP contribution in [0.25, 0.3) is 11.1 Å². The molecule has 2 aromatic rings. The van der Waals surface area contributed by atoms with E-state index in [0.29, 0.717) is 17.0 Å². The van der Waals surface area contributed by atoms with Crippen molar-refractivity contribution in [3.8, 4) is 0 Å². The molecule has 0 radical (unpaired) electrons. The summed E-state index contributed by atoms with van der Waals surface area (Å²) in [5.74, 6) is 0.533. The second-order valence-corrected chi connectivity index (χ2v) is 5.15. The van der Waals surface area contributed by atoms with Crippen LogP contribution < -0.4 is 0 Å². The average Bonchev–Trinajstić information content (AvgIpc) is 2.41. The van der Waals surface area contributed by atoms with Gasteiger partial charge in [0, 0.05) is 13.2 Å². The lowest BCUT2D eigenvalue weighted by molar-refractivity contribution is 0.561. The summed E-state index contributed by atoms with van der Waals surface area (Å²) in [6, 6.07) is 4.65. The number of rotatable bonds is 1. The molecule has 0 N–H and O–H groups in total. The number of fused-ring (bicyclic) bond motifs is 1. The van der Waals surface area contributed by atoms with Crippen molar-refractivity contribution < 1.29 is 12.8 Å². The normalized spacial score (nSPS) is 12.1. The van der Waals surface area contributed by atoms with Crippen LogP contribution in [-0.2, 0) is 9.84 Å². The minimum atomic E-state index is -3.17. The van der Waals surface area contributed by atoms with Gasteiger partial charge in [0.05, 0.1) is 4.90 Å². The molecule has 5 heteroatoms. The fourth-order valence-electron chi connectivity index (χ4n) is 1.25. The topological polar surface area (TPSA) is 60.2 Å². The van der Waals surface area contributed by atoms with E-state index in [1.807, 2.05) is 0 Å². The molecule has 0 aliphatic heterocycles. The average molecular weight is 211 g/mol. The van der Waals surface area contributed by atoms with Crippen molar-refractivity contribution in [1.29, 1.82) is 0 Å². The van der Waals surface area contributed by atoms with E-state index in [0.717, 1.165) is 0 Å². The lowest BCUT2D eigenvalue weighted by Gasteiger charge is -1.95. The van der Waals surface area contributed by atoms with Gasteiger partial charge < -0.3 is 4.42 Å². The first kappa shape index (κ1) is 9.21. The lowest BCUT2D eigenvalue weighted by Crippen LogP contribution is -1.95. The summed E-state index contributed by atoms with van der Waals surface area (Å²) in [6.07, 6.45) is 1.17. The van der Waals surface area contributed by atoms with Crippen molar-refractivity contribution >= 4 is 20.9 Å².